The fourth-order valence-electron chi connectivity index (χ4n) is 1.56. The van der Waals surface area contributed by atoms with Crippen LogP contribution in [0.2, 0.25) is 0 Å². The molecule has 0 fully saturated rings. The highest BCUT2D eigenvalue weighted by atomic mass is 32.1. The summed E-state index contributed by atoms with van der Waals surface area (Å²) in [6.07, 6.45) is 1.01. The van der Waals surface area contributed by atoms with Gasteiger partial charge in [0.1, 0.15) is 0 Å². The number of rotatable bonds is 5. The van der Waals surface area contributed by atoms with Crippen molar-refractivity contribution in [2.75, 3.05) is 13.1 Å². The van der Waals surface area contributed by atoms with Crippen LogP contribution in [-0.2, 0) is 6.42 Å². The van der Waals surface area contributed by atoms with Gasteiger partial charge in [-0.15, -0.1) is 0 Å². The Bertz CT molecular complexity index is 361. The predicted octanol–water partition coefficient (Wildman–Crippen LogP) is 2.66. The third kappa shape index (κ3) is 5.68. The summed E-state index contributed by atoms with van der Waals surface area (Å²) in [5, 5.41) is 7.19. The topological polar surface area (TPSA) is 24.1 Å². The molecule has 0 unspecified atom stereocenters. The summed E-state index contributed by atoms with van der Waals surface area (Å²) in [5.41, 5.74) is 2.72. The van der Waals surface area contributed by atoms with Crippen molar-refractivity contribution in [3.63, 3.8) is 0 Å². The Morgan fingerprint density at radius 3 is 2.59 bits per heavy atom. The summed E-state index contributed by atoms with van der Waals surface area (Å²) < 4.78 is 0. The van der Waals surface area contributed by atoms with Crippen LogP contribution in [0.15, 0.2) is 24.3 Å². The average Bonchev–Trinajstić information content (AvgIpc) is 2.29. The number of aryl methyl sites for hydroxylation is 1. The number of thiocarbonyl (C=S) groups is 1. The van der Waals surface area contributed by atoms with E-state index in [1.807, 2.05) is 0 Å². The molecule has 1 aromatic carbocycles. The molecule has 0 aromatic heterocycles. The maximum atomic E-state index is 5.20. The Labute approximate surface area is 110 Å². The SMILES string of the molecule is Cc1ccccc1CCNC(=S)NCC(C)C. The van der Waals surface area contributed by atoms with Gasteiger partial charge in [0, 0.05) is 13.1 Å². The largest absolute Gasteiger partial charge is 0.362 e. The molecule has 0 aliphatic rings. The number of benzene rings is 1. The van der Waals surface area contributed by atoms with Gasteiger partial charge in [-0.05, 0) is 42.6 Å². The van der Waals surface area contributed by atoms with Crippen molar-refractivity contribution >= 4 is 17.3 Å². The minimum Gasteiger partial charge on any atom is -0.362 e. The van der Waals surface area contributed by atoms with Gasteiger partial charge in [-0.1, -0.05) is 38.1 Å². The lowest BCUT2D eigenvalue weighted by Gasteiger charge is -2.12. The van der Waals surface area contributed by atoms with Crippen molar-refractivity contribution in [1.29, 1.82) is 0 Å². The van der Waals surface area contributed by atoms with Gasteiger partial charge in [0.2, 0.25) is 0 Å². The fourth-order valence-corrected chi connectivity index (χ4v) is 1.75. The molecule has 1 aromatic rings. The molecule has 94 valence electrons. The molecule has 17 heavy (non-hydrogen) atoms. The molecule has 0 amide bonds. The summed E-state index contributed by atoms with van der Waals surface area (Å²) in [6, 6.07) is 8.46. The van der Waals surface area contributed by atoms with Crippen LogP contribution in [-0.4, -0.2) is 18.2 Å². The van der Waals surface area contributed by atoms with E-state index >= 15 is 0 Å². The average molecular weight is 250 g/mol. The zero-order valence-electron chi connectivity index (χ0n) is 10.9. The predicted molar refractivity (Wildman–Crippen MR) is 78.3 cm³/mol. The minimum atomic E-state index is 0.617. The van der Waals surface area contributed by atoms with E-state index in [-0.39, 0.29) is 0 Å². The Hall–Kier alpha value is -1.09. The van der Waals surface area contributed by atoms with E-state index in [0.29, 0.717) is 5.92 Å². The molecule has 0 atom stereocenters. The van der Waals surface area contributed by atoms with Gasteiger partial charge < -0.3 is 10.6 Å². The van der Waals surface area contributed by atoms with Gasteiger partial charge in [-0.2, -0.15) is 0 Å². The lowest BCUT2D eigenvalue weighted by atomic mass is 10.1. The van der Waals surface area contributed by atoms with Crippen LogP contribution in [0.5, 0.6) is 0 Å². The van der Waals surface area contributed by atoms with Crippen molar-refractivity contribution in [2.24, 2.45) is 5.92 Å². The van der Waals surface area contributed by atoms with Crippen molar-refractivity contribution in [3.8, 4) is 0 Å². The molecule has 0 aliphatic heterocycles. The minimum absolute atomic E-state index is 0.617. The summed E-state index contributed by atoms with van der Waals surface area (Å²) in [6.45, 7) is 8.29. The molecule has 0 bridgehead atoms. The van der Waals surface area contributed by atoms with Crippen LogP contribution >= 0.6 is 12.2 Å². The monoisotopic (exact) mass is 250 g/mol. The molecule has 0 radical (unpaired) electrons. The smallest absolute Gasteiger partial charge is 0.166 e. The maximum absolute atomic E-state index is 5.20. The van der Waals surface area contributed by atoms with E-state index in [1.165, 1.54) is 11.1 Å². The Kier molecular flexibility index (Phi) is 5.98. The second-order valence-electron chi connectivity index (χ2n) is 4.71. The molecule has 2 nitrogen and oxygen atoms in total. The van der Waals surface area contributed by atoms with Crippen LogP contribution in [0.3, 0.4) is 0 Å². The standard InChI is InChI=1S/C14H22N2S/c1-11(2)10-16-14(17)15-9-8-13-7-5-4-6-12(13)3/h4-7,11H,8-10H2,1-3H3,(H2,15,16,17). The van der Waals surface area contributed by atoms with Gasteiger partial charge in [0.25, 0.3) is 0 Å². The lowest BCUT2D eigenvalue weighted by molar-refractivity contribution is 0.619. The van der Waals surface area contributed by atoms with Crippen LogP contribution < -0.4 is 10.6 Å². The summed E-state index contributed by atoms with van der Waals surface area (Å²) >= 11 is 5.20. The molecule has 0 aliphatic carbocycles. The van der Waals surface area contributed by atoms with E-state index in [9.17, 15) is 0 Å². The lowest BCUT2D eigenvalue weighted by Crippen LogP contribution is -2.38. The number of hydrogen-bond donors (Lipinski definition) is 2. The van der Waals surface area contributed by atoms with E-state index in [0.717, 1.165) is 24.6 Å². The first-order valence-corrected chi connectivity index (χ1v) is 6.56. The quantitative estimate of drug-likeness (QED) is 0.786. The highest BCUT2D eigenvalue weighted by molar-refractivity contribution is 7.80. The summed E-state index contributed by atoms with van der Waals surface area (Å²) in [7, 11) is 0. The Morgan fingerprint density at radius 2 is 1.94 bits per heavy atom. The first-order chi connectivity index (χ1) is 8.09. The second-order valence-corrected chi connectivity index (χ2v) is 5.12. The van der Waals surface area contributed by atoms with E-state index < -0.39 is 0 Å². The second kappa shape index (κ2) is 7.28. The number of hydrogen-bond acceptors (Lipinski definition) is 1. The van der Waals surface area contributed by atoms with Gasteiger partial charge >= 0.3 is 0 Å². The zero-order chi connectivity index (χ0) is 12.7. The van der Waals surface area contributed by atoms with Crippen LogP contribution in [0.25, 0.3) is 0 Å². The van der Waals surface area contributed by atoms with Crippen LogP contribution in [0, 0.1) is 12.8 Å². The summed E-state index contributed by atoms with van der Waals surface area (Å²) in [5.74, 6) is 0.617. The first-order valence-electron chi connectivity index (χ1n) is 6.16. The molecule has 0 spiro atoms. The molecule has 1 rings (SSSR count). The summed E-state index contributed by atoms with van der Waals surface area (Å²) in [4.78, 5) is 0. The molecule has 0 saturated carbocycles. The zero-order valence-corrected chi connectivity index (χ0v) is 11.7. The van der Waals surface area contributed by atoms with Gasteiger partial charge in [0.05, 0.1) is 0 Å². The maximum Gasteiger partial charge on any atom is 0.166 e. The third-order valence-electron chi connectivity index (χ3n) is 2.61. The molecule has 3 heteroatoms. The Morgan fingerprint density at radius 1 is 1.24 bits per heavy atom. The normalized spacial score (nSPS) is 10.4. The first kappa shape index (κ1) is 14.0. The molecule has 2 N–H and O–H groups in total. The van der Waals surface area contributed by atoms with Gasteiger partial charge in [-0.3, -0.25) is 0 Å². The van der Waals surface area contributed by atoms with Crippen molar-refractivity contribution < 1.29 is 0 Å². The highest BCUT2D eigenvalue weighted by Gasteiger charge is 1.99. The molecule has 0 saturated heterocycles. The molecular formula is C14H22N2S. The highest BCUT2D eigenvalue weighted by Crippen LogP contribution is 2.06. The van der Waals surface area contributed by atoms with E-state index in [1.54, 1.807) is 0 Å². The van der Waals surface area contributed by atoms with E-state index in [4.69, 9.17) is 12.2 Å². The Balaban J connectivity index is 2.24. The number of nitrogens with one attached hydrogen (secondary N) is 2. The molecular weight excluding hydrogens is 228 g/mol. The van der Waals surface area contributed by atoms with Crippen LogP contribution in [0.4, 0.5) is 0 Å². The van der Waals surface area contributed by atoms with E-state index in [2.05, 4.69) is 55.7 Å². The van der Waals surface area contributed by atoms with Gasteiger partial charge in [0.15, 0.2) is 5.11 Å². The van der Waals surface area contributed by atoms with Gasteiger partial charge in [-0.25, -0.2) is 0 Å². The van der Waals surface area contributed by atoms with Crippen molar-refractivity contribution in [1.82, 2.24) is 10.6 Å². The third-order valence-corrected chi connectivity index (χ3v) is 2.90. The molecule has 0 heterocycles. The van der Waals surface area contributed by atoms with Crippen LogP contribution in [0.1, 0.15) is 25.0 Å². The van der Waals surface area contributed by atoms with Crippen molar-refractivity contribution in [3.05, 3.63) is 35.4 Å². The van der Waals surface area contributed by atoms with Crippen molar-refractivity contribution in [2.45, 2.75) is 27.2 Å². The fraction of sp³-hybridized carbons (Fsp3) is 0.500.